The third-order valence-corrected chi connectivity index (χ3v) is 3.06. The monoisotopic (exact) mass is 265 g/mol. The van der Waals surface area contributed by atoms with E-state index in [1.54, 1.807) is 25.2 Å². The van der Waals surface area contributed by atoms with Crippen LogP contribution in [-0.4, -0.2) is 13.0 Å². The lowest BCUT2D eigenvalue weighted by molar-refractivity contribution is 0.102. The Hall–Kier alpha value is -2.80. The fourth-order valence-electron chi connectivity index (χ4n) is 1.91. The van der Waals surface area contributed by atoms with Crippen LogP contribution in [0.3, 0.4) is 0 Å². The molecule has 4 nitrogen and oxygen atoms in total. The highest BCUT2D eigenvalue weighted by Crippen LogP contribution is 2.20. The molecule has 0 saturated heterocycles. The van der Waals surface area contributed by atoms with Crippen molar-refractivity contribution in [2.24, 2.45) is 0 Å². The predicted octanol–water partition coefficient (Wildman–Crippen LogP) is 3.16. The van der Waals surface area contributed by atoms with Gasteiger partial charge in [0.15, 0.2) is 0 Å². The summed E-state index contributed by atoms with van der Waals surface area (Å²) in [6.45, 7) is 1.89. The van der Waals surface area contributed by atoms with Gasteiger partial charge in [0.05, 0.1) is 17.2 Å². The average molecular weight is 265 g/mol. The Labute approximate surface area is 118 Å². The number of nitriles is 1. The van der Waals surface area contributed by atoms with Crippen LogP contribution in [0, 0.1) is 18.3 Å². The molecule has 100 valence electrons. The van der Waals surface area contributed by atoms with Gasteiger partial charge in [-0.05, 0) is 36.8 Å². The van der Waals surface area contributed by atoms with Crippen LogP contribution in [-0.2, 0) is 0 Å². The van der Waals surface area contributed by atoms with Gasteiger partial charge in [-0.15, -0.1) is 0 Å². The molecule has 0 saturated carbocycles. The summed E-state index contributed by atoms with van der Waals surface area (Å²) in [5.74, 6) is -0.201. The first-order chi connectivity index (χ1) is 9.65. The van der Waals surface area contributed by atoms with E-state index in [0.29, 0.717) is 16.8 Å². The van der Waals surface area contributed by atoms with E-state index >= 15 is 0 Å². The van der Waals surface area contributed by atoms with Crippen molar-refractivity contribution in [3.05, 3.63) is 59.2 Å². The summed E-state index contributed by atoms with van der Waals surface area (Å²) in [5.41, 5.74) is 3.42. The predicted molar refractivity (Wildman–Crippen MR) is 79.8 cm³/mol. The Kier molecular flexibility index (Phi) is 4.02. The van der Waals surface area contributed by atoms with E-state index in [1.807, 2.05) is 31.2 Å². The minimum atomic E-state index is -0.201. The van der Waals surface area contributed by atoms with E-state index in [9.17, 15) is 4.79 Å². The Bertz CT molecular complexity index is 686. The van der Waals surface area contributed by atoms with E-state index in [2.05, 4.69) is 16.7 Å². The Morgan fingerprint density at radius 1 is 1.15 bits per heavy atom. The number of carbonyl (C=O) groups is 1. The number of nitrogens with zero attached hydrogens (tertiary/aromatic N) is 1. The number of anilines is 2. The van der Waals surface area contributed by atoms with Crippen molar-refractivity contribution in [2.45, 2.75) is 6.92 Å². The molecule has 2 N–H and O–H groups in total. The molecular formula is C16H15N3O. The molecule has 2 aromatic carbocycles. The second-order valence-electron chi connectivity index (χ2n) is 4.39. The normalized spacial score (nSPS) is 9.65. The molecule has 0 aliphatic rings. The summed E-state index contributed by atoms with van der Waals surface area (Å²) < 4.78 is 0. The van der Waals surface area contributed by atoms with Crippen molar-refractivity contribution in [1.82, 2.24) is 0 Å². The number of hydrogen-bond donors (Lipinski definition) is 2. The molecule has 0 spiro atoms. The number of para-hydroxylation sites is 1. The van der Waals surface area contributed by atoms with Gasteiger partial charge in [0.2, 0.25) is 0 Å². The first kappa shape index (κ1) is 13.6. The van der Waals surface area contributed by atoms with Crippen LogP contribution in [0.25, 0.3) is 0 Å². The molecule has 4 heteroatoms. The summed E-state index contributed by atoms with van der Waals surface area (Å²) in [4.78, 5) is 12.3. The second-order valence-corrected chi connectivity index (χ2v) is 4.39. The quantitative estimate of drug-likeness (QED) is 0.896. The fraction of sp³-hybridized carbons (Fsp3) is 0.125. The lowest BCUT2D eigenvalue weighted by atomic mass is 10.1. The summed E-state index contributed by atoms with van der Waals surface area (Å²) in [6, 6.07) is 14.6. The maximum Gasteiger partial charge on any atom is 0.257 e. The minimum Gasteiger partial charge on any atom is -0.387 e. The van der Waals surface area contributed by atoms with E-state index in [4.69, 9.17) is 5.26 Å². The van der Waals surface area contributed by atoms with E-state index < -0.39 is 0 Å². The molecule has 0 fully saturated rings. The zero-order chi connectivity index (χ0) is 14.5. The second kappa shape index (κ2) is 5.89. The minimum absolute atomic E-state index is 0.201. The van der Waals surface area contributed by atoms with Crippen LogP contribution in [0.5, 0.6) is 0 Å². The lowest BCUT2D eigenvalue weighted by Crippen LogP contribution is -2.14. The topological polar surface area (TPSA) is 64.9 Å². The third-order valence-electron chi connectivity index (χ3n) is 3.06. The van der Waals surface area contributed by atoms with Crippen LogP contribution in [0.15, 0.2) is 42.5 Å². The van der Waals surface area contributed by atoms with Crippen molar-refractivity contribution >= 4 is 17.3 Å². The molecule has 0 aliphatic heterocycles. The van der Waals surface area contributed by atoms with Gasteiger partial charge in [0.1, 0.15) is 0 Å². The van der Waals surface area contributed by atoms with Gasteiger partial charge in [-0.1, -0.05) is 18.2 Å². The molecule has 2 rings (SSSR count). The van der Waals surface area contributed by atoms with Crippen LogP contribution >= 0.6 is 0 Å². The number of amides is 1. The number of rotatable bonds is 3. The van der Waals surface area contributed by atoms with Crippen molar-refractivity contribution in [2.75, 3.05) is 17.7 Å². The summed E-state index contributed by atoms with van der Waals surface area (Å²) >= 11 is 0. The highest BCUT2D eigenvalue weighted by atomic mass is 16.1. The van der Waals surface area contributed by atoms with Crippen LogP contribution in [0.1, 0.15) is 21.5 Å². The molecule has 20 heavy (non-hydrogen) atoms. The third kappa shape index (κ3) is 2.78. The molecule has 0 aliphatic carbocycles. The zero-order valence-corrected chi connectivity index (χ0v) is 11.4. The van der Waals surface area contributed by atoms with Crippen LogP contribution in [0.4, 0.5) is 11.4 Å². The lowest BCUT2D eigenvalue weighted by Gasteiger charge is -2.11. The van der Waals surface area contributed by atoms with Gasteiger partial charge in [-0.2, -0.15) is 5.26 Å². The Morgan fingerprint density at radius 2 is 1.90 bits per heavy atom. The Balaban J connectivity index is 2.30. The largest absolute Gasteiger partial charge is 0.387 e. The number of carbonyl (C=O) groups excluding carboxylic acids is 1. The molecule has 1 amide bonds. The SMILES string of the molecule is CNc1ccccc1C(=O)Nc1cc(C#N)ccc1C. The molecule has 2 aromatic rings. The first-order valence-electron chi connectivity index (χ1n) is 6.24. The molecular weight excluding hydrogens is 250 g/mol. The van der Waals surface area contributed by atoms with Crippen LogP contribution < -0.4 is 10.6 Å². The molecule has 0 radical (unpaired) electrons. The van der Waals surface area contributed by atoms with E-state index in [0.717, 1.165) is 11.3 Å². The number of nitrogens with one attached hydrogen (secondary N) is 2. The number of benzene rings is 2. The molecule has 0 unspecified atom stereocenters. The van der Waals surface area contributed by atoms with Gasteiger partial charge >= 0.3 is 0 Å². The summed E-state index contributed by atoms with van der Waals surface area (Å²) in [7, 11) is 1.77. The highest BCUT2D eigenvalue weighted by molar-refractivity contribution is 6.08. The summed E-state index contributed by atoms with van der Waals surface area (Å²) in [5, 5.41) is 14.7. The smallest absolute Gasteiger partial charge is 0.257 e. The first-order valence-corrected chi connectivity index (χ1v) is 6.24. The van der Waals surface area contributed by atoms with Gasteiger partial charge < -0.3 is 10.6 Å². The molecule has 0 atom stereocenters. The van der Waals surface area contributed by atoms with Crippen molar-refractivity contribution in [3.63, 3.8) is 0 Å². The Morgan fingerprint density at radius 3 is 2.60 bits per heavy atom. The zero-order valence-electron chi connectivity index (χ0n) is 11.4. The van der Waals surface area contributed by atoms with E-state index in [-0.39, 0.29) is 5.91 Å². The van der Waals surface area contributed by atoms with Crippen molar-refractivity contribution in [1.29, 1.82) is 5.26 Å². The number of aryl methyl sites for hydroxylation is 1. The van der Waals surface area contributed by atoms with Gasteiger partial charge in [0.25, 0.3) is 5.91 Å². The summed E-state index contributed by atoms with van der Waals surface area (Å²) in [6.07, 6.45) is 0. The number of hydrogen-bond acceptors (Lipinski definition) is 3. The van der Waals surface area contributed by atoms with Gasteiger partial charge in [-0.3, -0.25) is 4.79 Å². The molecule has 0 bridgehead atoms. The highest BCUT2D eigenvalue weighted by Gasteiger charge is 2.11. The fourth-order valence-corrected chi connectivity index (χ4v) is 1.91. The van der Waals surface area contributed by atoms with Crippen LogP contribution in [0.2, 0.25) is 0 Å². The average Bonchev–Trinajstić information content (AvgIpc) is 2.49. The van der Waals surface area contributed by atoms with Crippen molar-refractivity contribution < 1.29 is 4.79 Å². The standard InChI is InChI=1S/C16H15N3O/c1-11-7-8-12(10-17)9-15(11)19-16(20)13-5-3-4-6-14(13)18-2/h3-9,18H,1-2H3,(H,19,20). The molecule has 0 heterocycles. The van der Waals surface area contributed by atoms with E-state index in [1.165, 1.54) is 0 Å². The van der Waals surface area contributed by atoms with Gasteiger partial charge in [0, 0.05) is 18.4 Å². The maximum absolute atomic E-state index is 12.3. The van der Waals surface area contributed by atoms with Gasteiger partial charge in [-0.25, -0.2) is 0 Å². The van der Waals surface area contributed by atoms with Crippen molar-refractivity contribution in [3.8, 4) is 6.07 Å². The maximum atomic E-state index is 12.3. The molecule has 0 aromatic heterocycles.